The van der Waals surface area contributed by atoms with Gasteiger partial charge in [-0.2, -0.15) is 4.99 Å². The first-order chi connectivity index (χ1) is 17.0. The summed E-state index contributed by atoms with van der Waals surface area (Å²) >= 11 is 0. The van der Waals surface area contributed by atoms with Crippen LogP contribution in [0.5, 0.6) is 0 Å². The number of benzodiazepines with no additional fused rings is 1. The van der Waals surface area contributed by atoms with E-state index in [1.54, 1.807) is 13.2 Å². The highest BCUT2D eigenvalue weighted by atomic mass is 16.5. The minimum atomic E-state index is -1.18. The van der Waals surface area contributed by atoms with Crippen molar-refractivity contribution in [3.63, 3.8) is 0 Å². The van der Waals surface area contributed by atoms with Gasteiger partial charge in [0.1, 0.15) is 0 Å². The lowest BCUT2D eigenvalue weighted by Crippen LogP contribution is -2.29. The fourth-order valence-electron chi connectivity index (χ4n) is 3.65. The fraction of sp³-hybridized carbons (Fsp3) is 0.231. The zero-order chi connectivity index (χ0) is 24.6. The molecule has 1 heterocycles. The molecule has 1 aliphatic carbocycles. The van der Waals surface area contributed by atoms with E-state index in [-0.39, 0.29) is 18.0 Å². The highest BCUT2D eigenvalue weighted by molar-refractivity contribution is 6.19. The molecule has 2 atom stereocenters. The molecule has 0 saturated heterocycles. The van der Waals surface area contributed by atoms with Crippen molar-refractivity contribution in [2.75, 3.05) is 25.6 Å². The number of nitrogens with zero attached hydrogens (tertiary/aromatic N) is 2. The summed E-state index contributed by atoms with van der Waals surface area (Å²) in [6.07, 6.45) is 4.73. The SMILES string of the molecule is COCCOC1C=CC(C(=N)OC(N)=NC2N=C(c3ccccc3)c3ccccc3NC2=O)=CC1. The molecule has 180 valence electrons. The van der Waals surface area contributed by atoms with Gasteiger partial charge in [-0.1, -0.05) is 66.8 Å². The molecule has 9 heteroatoms. The van der Waals surface area contributed by atoms with Crippen molar-refractivity contribution in [1.82, 2.24) is 0 Å². The van der Waals surface area contributed by atoms with Gasteiger partial charge in [-0.25, -0.2) is 4.99 Å². The molecule has 9 nitrogen and oxygen atoms in total. The Morgan fingerprint density at radius 2 is 1.94 bits per heavy atom. The van der Waals surface area contributed by atoms with Gasteiger partial charge in [-0.05, 0) is 12.5 Å². The summed E-state index contributed by atoms with van der Waals surface area (Å²) in [5, 5.41) is 11.1. The summed E-state index contributed by atoms with van der Waals surface area (Å²) in [7, 11) is 1.62. The third-order valence-electron chi connectivity index (χ3n) is 5.37. The smallest absolute Gasteiger partial charge is 0.291 e. The molecule has 1 amide bonds. The summed E-state index contributed by atoms with van der Waals surface area (Å²) in [6, 6.07) is 16.6. The summed E-state index contributed by atoms with van der Waals surface area (Å²) in [5.41, 5.74) is 9.36. The van der Waals surface area contributed by atoms with E-state index in [2.05, 4.69) is 15.3 Å². The molecule has 0 bridgehead atoms. The second-order valence-electron chi connectivity index (χ2n) is 7.81. The number of para-hydroxylation sites is 1. The lowest BCUT2D eigenvalue weighted by Gasteiger charge is -2.17. The van der Waals surface area contributed by atoms with Gasteiger partial charge in [0.15, 0.2) is 0 Å². The van der Waals surface area contributed by atoms with Gasteiger partial charge >= 0.3 is 0 Å². The minimum absolute atomic E-state index is 0.0882. The fourth-order valence-corrected chi connectivity index (χ4v) is 3.65. The molecule has 2 aromatic rings. The summed E-state index contributed by atoms with van der Waals surface area (Å²) < 4.78 is 16.1. The maximum Gasteiger partial charge on any atom is 0.291 e. The number of amidine groups is 1. The third-order valence-corrected chi connectivity index (χ3v) is 5.37. The van der Waals surface area contributed by atoms with Crippen molar-refractivity contribution in [3.8, 4) is 0 Å². The van der Waals surface area contributed by atoms with Crippen LogP contribution in [0.15, 0.2) is 88.4 Å². The number of carbonyl (C=O) groups is 1. The van der Waals surface area contributed by atoms with Gasteiger partial charge in [0.2, 0.25) is 12.1 Å². The highest BCUT2D eigenvalue weighted by Gasteiger charge is 2.26. The lowest BCUT2D eigenvalue weighted by atomic mass is 10.0. The van der Waals surface area contributed by atoms with Crippen molar-refractivity contribution >= 4 is 29.2 Å². The standard InChI is InChI=1S/C26H27N5O4/c1-33-15-16-34-19-13-11-18(12-14-19)23(27)35-26(28)31-24-25(32)29-21-10-6-5-9-20(21)22(30-24)17-7-3-2-4-8-17/h2-13,19,24,27H,14-16H2,1H3,(H2,28,31)(H,29,32). The molecule has 1 aliphatic heterocycles. The number of nitrogens with one attached hydrogen (secondary N) is 2. The summed E-state index contributed by atoms with van der Waals surface area (Å²) in [5.74, 6) is -0.628. The Morgan fingerprint density at radius 1 is 1.17 bits per heavy atom. The van der Waals surface area contributed by atoms with Crippen molar-refractivity contribution in [2.45, 2.75) is 18.7 Å². The summed E-state index contributed by atoms with van der Waals surface area (Å²) in [6.45, 7) is 1.00. The van der Waals surface area contributed by atoms with Gasteiger partial charge in [-0.15, -0.1) is 0 Å². The molecule has 4 N–H and O–H groups in total. The Balaban J connectivity index is 1.50. The van der Waals surface area contributed by atoms with Crippen LogP contribution in [0.4, 0.5) is 5.69 Å². The van der Waals surface area contributed by atoms with Crippen LogP contribution >= 0.6 is 0 Å². The average Bonchev–Trinajstić information content (AvgIpc) is 3.01. The number of hydrogen-bond acceptors (Lipinski definition) is 7. The Hall–Kier alpha value is -4.08. The van der Waals surface area contributed by atoms with E-state index in [9.17, 15) is 4.79 Å². The van der Waals surface area contributed by atoms with Crippen molar-refractivity contribution in [3.05, 3.63) is 89.5 Å². The van der Waals surface area contributed by atoms with Crippen molar-refractivity contribution in [1.29, 1.82) is 5.41 Å². The zero-order valence-corrected chi connectivity index (χ0v) is 19.3. The molecule has 0 fully saturated rings. The first kappa shape index (κ1) is 24.1. The number of methoxy groups -OCH3 is 1. The van der Waals surface area contributed by atoms with E-state index in [1.807, 2.05) is 66.7 Å². The van der Waals surface area contributed by atoms with Crippen LogP contribution in [0.3, 0.4) is 0 Å². The van der Waals surface area contributed by atoms with Crippen LogP contribution < -0.4 is 11.1 Å². The lowest BCUT2D eigenvalue weighted by molar-refractivity contribution is -0.117. The maximum absolute atomic E-state index is 12.9. The largest absolute Gasteiger partial charge is 0.407 e. The van der Waals surface area contributed by atoms with E-state index < -0.39 is 12.1 Å². The number of nitrogens with two attached hydrogens (primary N) is 1. The van der Waals surface area contributed by atoms with Crippen LogP contribution in [0.25, 0.3) is 0 Å². The molecule has 0 radical (unpaired) electrons. The van der Waals surface area contributed by atoms with E-state index in [0.29, 0.717) is 36.6 Å². The Morgan fingerprint density at radius 3 is 2.69 bits per heavy atom. The van der Waals surface area contributed by atoms with Crippen LogP contribution in [-0.2, 0) is 19.0 Å². The second-order valence-corrected chi connectivity index (χ2v) is 7.81. The normalized spacial score (nSPS) is 19.7. The van der Waals surface area contributed by atoms with E-state index in [1.165, 1.54) is 0 Å². The maximum atomic E-state index is 12.9. The molecule has 0 saturated carbocycles. The number of fused-ring (bicyclic) bond motifs is 1. The molecule has 0 spiro atoms. The van der Waals surface area contributed by atoms with Crippen LogP contribution in [0.2, 0.25) is 0 Å². The Bertz CT molecular complexity index is 1200. The Kier molecular flexibility index (Phi) is 7.81. The molecule has 2 aliphatic rings. The van der Waals surface area contributed by atoms with Gasteiger partial charge < -0.3 is 25.3 Å². The number of ether oxygens (including phenoxy) is 3. The molecular weight excluding hydrogens is 446 g/mol. The monoisotopic (exact) mass is 473 g/mol. The van der Waals surface area contributed by atoms with Crippen molar-refractivity contribution in [2.24, 2.45) is 15.7 Å². The predicted octanol–water partition coefficient (Wildman–Crippen LogP) is 3.03. The third kappa shape index (κ3) is 6.08. The zero-order valence-electron chi connectivity index (χ0n) is 19.3. The molecular formula is C26H27N5O4. The number of anilines is 1. The van der Waals surface area contributed by atoms with Crippen LogP contribution in [0.1, 0.15) is 17.5 Å². The Labute approximate surface area is 203 Å². The first-order valence-electron chi connectivity index (χ1n) is 11.2. The highest BCUT2D eigenvalue weighted by Crippen LogP contribution is 2.24. The molecule has 0 aromatic heterocycles. The average molecular weight is 474 g/mol. The van der Waals surface area contributed by atoms with Crippen LogP contribution in [-0.4, -0.2) is 56.1 Å². The number of hydrogen-bond donors (Lipinski definition) is 3. The number of aliphatic imine (C=N–C) groups is 2. The molecule has 2 aromatic carbocycles. The number of carbonyl (C=O) groups excluding carboxylic acids is 1. The van der Waals surface area contributed by atoms with Crippen LogP contribution in [0, 0.1) is 5.41 Å². The minimum Gasteiger partial charge on any atom is -0.407 e. The van der Waals surface area contributed by atoms with Gasteiger partial charge in [-0.3, -0.25) is 10.2 Å². The first-order valence-corrected chi connectivity index (χ1v) is 11.2. The van der Waals surface area contributed by atoms with Gasteiger partial charge in [0, 0.05) is 23.8 Å². The topological polar surface area (TPSA) is 131 Å². The summed E-state index contributed by atoms with van der Waals surface area (Å²) in [4.78, 5) is 21.7. The van der Waals surface area contributed by atoms with Gasteiger partial charge in [0.25, 0.3) is 11.9 Å². The number of rotatable bonds is 7. The van der Waals surface area contributed by atoms with E-state index in [4.69, 9.17) is 25.4 Å². The molecule has 35 heavy (non-hydrogen) atoms. The predicted molar refractivity (Wildman–Crippen MR) is 135 cm³/mol. The quantitative estimate of drug-likeness (QED) is 0.323. The second kappa shape index (κ2) is 11.4. The van der Waals surface area contributed by atoms with Gasteiger partial charge in [0.05, 0.1) is 30.7 Å². The van der Waals surface area contributed by atoms with E-state index >= 15 is 0 Å². The number of benzene rings is 2. The van der Waals surface area contributed by atoms with E-state index in [0.717, 1.165) is 11.1 Å². The molecule has 4 rings (SSSR count). The molecule has 2 unspecified atom stereocenters. The number of amides is 1. The van der Waals surface area contributed by atoms with Crippen molar-refractivity contribution < 1.29 is 19.0 Å².